The number of sulfonamides is 1. The van der Waals surface area contributed by atoms with E-state index in [1.165, 1.54) is 6.07 Å². The molecule has 2 N–H and O–H groups in total. The summed E-state index contributed by atoms with van der Waals surface area (Å²) in [7, 11) is -3.82. The zero-order chi connectivity index (χ0) is 14.3. The predicted molar refractivity (Wildman–Crippen MR) is 81.2 cm³/mol. The maximum atomic E-state index is 12.3. The van der Waals surface area contributed by atoms with Crippen LogP contribution < -0.4 is 4.72 Å². The van der Waals surface area contributed by atoms with E-state index in [9.17, 15) is 8.42 Å². The van der Waals surface area contributed by atoms with Gasteiger partial charge in [-0.05, 0) is 18.2 Å². The summed E-state index contributed by atoms with van der Waals surface area (Å²) in [6.07, 6.45) is 0. The Hall–Kier alpha value is -1.28. The minimum atomic E-state index is -3.82. The maximum absolute atomic E-state index is 12.3. The fourth-order valence-corrected chi connectivity index (χ4v) is 4.90. The highest BCUT2D eigenvalue weighted by Gasteiger charge is 2.22. The van der Waals surface area contributed by atoms with E-state index >= 15 is 0 Å². The normalized spacial score (nSPS) is 11.9. The third-order valence-corrected chi connectivity index (χ3v) is 5.71. The van der Waals surface area contributed by atoms with Crippen molar-refractivity contribution >= 4 is 61.3 Å². The first kappa shape index (κ1) is 13.7. The van der Waals surface area contributed by atoms with Gasteiger partial charge in [0.05, 0.1) is 9.85 Å². The summed E-state index contributed by atoms with van der Waals surface area (Å²) in [6, 6.07) is 8.50. The van der Waals surface area contributed by atoms with Crippen LogP contribution in [0.4, 0.5) is 5.82 Å². The van der Waals surface area contributed by atoms with E-state index in [2.05, 4.69) is 14.9 Å². The monoisotopic (exact) mass is 347 g/mol. The Kier molecular flexibility index (Phi) is 3.37. The quantitative estimate of drug-likeness (QED) is 0.757. The summed E-state index contributed by atoms with van der Waals surface area (Å²) in [5, 5.41) is 7.38. The van der Waals surface area contributed by atoms with Crippen LogP contribution in [0.5, 0.6) is 0 Å². The molecule has 0 bridgehead atoms. The van der Waals surface area contributed by atoms with Gasteiger partial charge in [0.25, 0.3) is 10.0 Å². The van der Waals surface area contributed by atoms with E-state index in [1.807, 2.05) is 6.07 Å². The lowest BCUT2D eigenvalue weighted by Crippen LogP contribution is -2.13. The lowest BCUT2D eigenvalue weighted by atomic mass is 10.2. The molecule has 3 rings (SSSR count). The summed E-state index contributed by atoms with van der Waals surface area (Å²) in [5.41, 5.74) is 0.736. The summed E-state index contributed by atoms with van der Waals surface area (Å²) in [6.45, 7) is 0. The Bertz CT molecular complexity index is 886. The number of para-hydroxylation sites is 1. The molecule has 5 nitrogen and oxygen atoms in total. The number of hydrogen-bond acceptors (Lipinski definition) is 4. The number of aromatic amines is 1. The van der Waals surface area contributed by atoms with Crippen molar-refractivity contribution in [1.82, 2.24) is 10.2 Å². The van der Waals surface area contributed by atoms with Crippen molar-refractivity contribution in [3.05, 3.63) is 39.0 Å². The number of aromatic nitrogens is 2. The van der Waals surface area contributed by atoms with Crippen LogP contribution in [0, 0.1) is 0 Å². The molecule has 104 valence electrons. The molecule has 0 unspecified atom stereocenters. The van der Waals surface area contributed by atoms with Crippen molar-refractivity contribution in [2.45, 2.75) is 4.90 Å². The molecule has 9 heteroatoms. The van der Waals surface area contributed by atoms with E-state index in [4.69, 9.17) is 23.2 Å². The molecule has 0 aliphatic rings. The topological polar surface area (TPSA) is 74.8 Å². The van der Waals surface area contributed by atoms with Crippen LogP contribution in [0.25, 0.3) is 10.9 Å². The van der Waals surface area contributed by atoms with Gasteiger partial charge in [0, 0.05) is 5.39 Å². The molecule has 0 saturated carbocycles. The van der Waals surface area contributed by atoms with Gasteiger partial charge in [-0.15, -0.1) is 11.3 Å². The number of thiophene rings is 1. The molecular weight excluding hydrogens is 341 g/mol. The zero-order valence-corrected chi connectivity index (χ0v) is 12.9. The third-order valence-electron chi connectivity index (χ3n) is 2.62. The lowest BCUT2D eigenvalue weighted by Gasteiger charge is -2.04. The number of halogens is 2. The second-order valence-corrected chi connectivity index (χ2v) is 7.85. The predicted octanol–water partition coefficient (Wildman–Crippen LogP) is 3.73. The van der Waals surface area contributed by atoms with Gasteiger partial charge in [-0.3, -0.25) is 9.82 Å². The summed E-state index contributed by atoms with van der Waals surface area (Å²) in [5.74, 6) is 0.221. The molecule has 0 aliphatic carbocycles. The fourth-order valence-electron chi connectivity index (χ4n) is 1.73. The minimum absolute atomic E-state index is 0.0544. The number of H-pyrrole nitrogens is 1. The molecule has 0 spiro atoms. The van der Waals surface area contributed by atoms with Crippen molar-refractivity contribution in [2.24, 2.45) is 0 Å². The first-order valence-corrected chi connectivity index (χ1v) is 8.44. The van der Waals surface area contributed by atoms with Crippen LogP contribution in [-0.2, 0) is 10.0 Å². The second kappa shape index (κ2) is 4.92. The first-order chi connectivity index (χ1) is 9.47. The number of anilines is 1. The fraction of sp³-hybridized carbons (Fsp3) is 0. The summed E-state index contributed by atoms with van der Waals surface area (Å²) >= 11 is 12.6. The van der Waals surface area contributed by atoms with Crippen LogP contribution in [0.15, 0.2) is 35.2 Å². The molecule has 2 heterocycles. The van der Waals surface area contributed by atoms with Crippen molar-refractivity contribution in [2.75, 3.05) is 4.72 Å². The van der Waals surface area contributed by atoms with Crippen LogP contribution in [0.2, 0.25) is 8.67 Å². The van der Waals surface area contributed by atoms with Gasteiger partial charge >= 0.3 is 0 Å². The van der Waals surface area contributed by atoms with Gasteiger partial charge in [-0.1, -0.05) is 35.3 Å². The molecule has 0 fully saturated rings. The third kappa shape index (κ3) is 2.37. The number of benzene rings is 1. The Morgan fingerprint density at radius 2 is 2.00 bits per heavy atom. The Labute approximate surface area is 128 Å². The molecule has 0 atom stereocenters. The van der Waals surface area contributed by atoms with E-state index < -0.39 is 10.0 Å². The van der Waals surface area contributed by atoms with Crippen molar-refractivity contribution < 1.29 is 8.42 Å². The number of nitrogens with zero attached hydrogens (tertiary/aromatic N) is 1. The van der Waals surface area contributed by atoms with Crippen molar-refractivity contribution in [3.63, 3.8) is 0 Å². The van der Waals surface area contributed by atoms with Crippen LogP contribution >= 0.6 is 34.5 Å². The van der Waals surface area contributed by atoms with E-state index in [0.29, 0.717) is 9.72 Å². The average Bonchev–Trinajstić information content (AvgIpc) is 2.94. The first-order valence-electron chi connectivity index (χ1n) is 5.38. The number of rotatable bonds is 3. The van der Waals surface area contributed by atoms with Gasteiger partial charge < -0.3 is 0 Å². The zero-order valence-electron chi connectivity index (χ0n) is 9.72. The van der Waals surface area contributed by atoms with Crippen LogP contribution in [-0.4, -0.2) is 18.6 Å². The van der Waals surface area contributed by atoms with Gasteiger partial charge in [-0.2, -0.15) is 5.10 Å². The highest BCUT2D eigenvalue weighted by molar-refractivity contribution is 7.93. The molecule has 1 aromatic carbocycles. The maximum Gasteiger partial charge on any atom is 0.265 e. The van der Waals surface area contributed by atoms with E-state index in [-0.39, 0.29) is 15.0 Å². The van der Waals surface area contributed by atoms with Crippen LogP contribution in [0.1, 0.15) is 0 Å². The highest BCUT2D eigenvalue weighted by Crippen LogP contribution is 2.35. The van der Waals surface area contributed by atoms with Gasteiger partial charge in [0.2, 0.25) is 0 Å². The van der Waals surface area contributed by atoms with E-state index in [1.54, 1.807) is 18.2 Å². The molecule has 0 saturated heterocycles. The molecule has 20 heavy (non-hydrogen) atoms. The van der Waals surface area contributed by atoms with E-state index in [0.717, 1.165) is 16.9 Å². The SMILES string of the molecule is O=S(=O)(Nc1n[nH]c2ccccc12)c1cc(Cl)sc1Cl. The number of nitrogens with one attached hydrogen (secondary N) is 2. The number of fused-ring (bicyclic) bond motifs is 1. The molecule has 0 amide bonds. The minimum Gasteiger partial charge on any atom is -0.276 e. The van der Waals surface area contributed by atoms with Gasteiger partial charge in [-0.25, -0.2) is 8.42 Å². The van der Waals surface area contributed by atoms with Crippen molar-refractivity contribution in [3.8, 4) is 0 Å². The van der Waals surface area contributed by atoms with Gasteiger partial charge in [0.1, 0.15) is 9.23 Å². The highest BCUT2D eigenvalue weighted by atomic mass is 35.5. The molecule has 3 aromatic rings. The second-order valence-electron chi connectivity index (χ2n) is 3.91. The molecule has 2 aromatic heterocycles. The Morgan fingerprint density at radius 1 is 1.25 bits per heavy atom. The van der Waals surface area contributed by atoms with Gasteiger partial charge in [0.15, 0.2) is 5.82 Å². The Balaban J connectivity index is 2.04. The standard InChI is InChI=1S/C11H7Cl2N3O2S2/c12-9-5-8(10(13)19-9)20(17,18)16-11-6-3-1-2-4-7(6)14-15-11/h1-5H,(H2,14,15,16). The van der Waals surface area contributed by atoms with Crippen molar-refractivity contribution in [1.29, 1.82) is 0 Å². The van der Waals surface area contributed by atoms with Crippen LogP contribution in [0.3, 0.4) is 0 Å². The summed E-state index contributed by atoms with van der Waals surface area (Å²) in [4.78, 5) is -0.0544. The smallest absolute Gasteiger partial charge is 0.265 e. The molecule has 0 radical (unpaired) electrons. The summed E-state index contributed by atoms with van der Waals surface area (Å²) < 4.78 is 27.4. The number of hydrogen-bond donors (Lipinski definition) is 2. The molecular formula is C11H7Cl2N3O2S2. The largest absolute Gasteiger partial charge is 0.276 e. The lowest BCUT2D eigenvalue weighted by molar-refractivity contribution is 0.601. The molecule has 0 aliphatic heterocycles. The average molecular weight is 348 g/mol. The Morgan fingerprint density at radius 3 is 2.70 bits per heavy atom.